The first-order valence-corrected chi connectivity index (χ1v) is 7.44. The summed E-state index contributed by atoms with van der Waals surface area (Å²) in [7, 11) is 0. The van der Waals surface area contributed by atoms with E-state index in [1.807, 2.05) is 0 Å². The normalized spacial score (nSPS) is 22.8. The van der Waals surface area contributed by atoms with E-state index in [1.54, 1.807) is 0 Å². The van der Waals surface area contributed by atoms with E-state index < -0.39 is 0 Å². The monoisotopic (exact) mass is 277 g/mol. The van der Waals surface area contributed by atoms with Gasteiger partial charge in [-0.3, -0.25) is 4.79 Å². The van der Waals surface area contributed by atoms with E-state index in [-0.39, 0.29) is 5.78 Å². The second-order valence-electron chi connectivity index (χ2n) is 5.32. The molecule has 19 heavy (non-hydrogen) atoms. The maximum atomic E-state index is 11.5. The molecule has 1 aliphatic carbocycles. The van der Waals surface area contributed by atoms with E-state index in [2.05, 4.69) is 18.3 Å². The molecule has 1 fully saturated rings. The van der Waals surface area contributed by atoms with Crippen LogP contribution in [0, 0.1) is 17.2 Å². The number of carbonyl (C=O) groups excluding carboxylic acids is 1. The standard InChI is InChI=1S/C14H19N3OS/c1-8-3-5-10(6-4-8)17-14-11(7-15)12(16)13(19-14)9(2)18/h8,10,17H,3-6,16H2,1-2H3. The largest absolute Gasteiger partial charge is 0.396 e. The van der Waals surface area contributed by atoms with E-state index in [9.17, 15) is 10.1 Å². The van der Waals surface area contributed by atoms with Crippen molar-refractivity contribution in [2.24, 2.45) is 5.92 Å². The number of nitrogens with two attached hydrogens (primary N) is 1. The van der Waals surface area contributed by atoms with Gasteiger partial charge in [0.25, 0.3) is 0 Å². The van der Waals surface area contributed by atoms with E-state index in [0.29, 0.717) is 22.2 Å². The lowest BCUT2D eigenvalue weighted by atomic mass is 9.87. The Balaban J connectivity index is 2.18. The Labute approximate surface area is 117 Å². The quantitative estimate of drug-likeness (QED) is 0.830. The molecule has 0 radical (unpaired) electrons. The molecule has 1 aliphatic rings. The maximum absolute atomic E-state index is 11.5. The van der Waals surface area contributed by atoms with Gasteiger partial charge in [0.1, 0.15) is 16.6 Å². The van der Waals surface area contributed by atoms with Crippen molar-refractivity contribution in [3.8, 4) is 6.07 Å². The number of hydrogen-bond donors (Lipinski definition) is 2. The molecule has 0 saturated heterocycles. The van der Waals surface area contributed by atoms with Gasteiger partial charge in [-0.2, -0.15) is 5.26 Å². The number of rotatable bonds is 3. The van der Waals surface area contributed by atoms with Crippen molar-refractivity contribution in [1.82, 2.24) is 0 Å². The Morgan fingerprint density at radius 2 is 2.05 bits per heavy atom. The molecule has 0 spiro atoms. The van der Waals surface area contributed by atoms with Crippen LogP contribution in [0.2, 0.25) is 0 Å². The zero-order valence-corrected chi connectivity index (χ0v) is 12.1. The number of carbonyl (C=O) groups is 1. The highest BCUT2D eigenvalue weighted by molar-refractivity contribution is 7.19. The highest BCUT2D eigenvalue weighted by Gasteiger charge is 2.23. The van der Waals surface area contributed by atoms with Crippen LogP contribution in [-0.2, 0) is 0 Å². The number of nitrogen functional groups attached to an aromatic ring is 1. The number of Topliss-reactive ketones (excluding diaryl/α,β-unsaturated/α-hetero) is 1. The van der Waals surface area contributed by atoms with Gasteiger partial charge in [-0.15, -0.1) is 11.3 Å². The second kappa shape index (κ2) is 5.62. The Morgan fingerprint density at radius 1 is 1.42 bits per heavy atom. The third-order valence-electron chi connectivity index (χ3n) is 3.73. The summed E-state index contributed by atoms with van der Waals surface area (Å²) in [5, 5.41) is 13.3. The molecular formula is C14H19N3OS. The van der Waals surface area contributed by atoms with Gasteiger partial charge in [0, 0.05) is 13.0 Å². The zero-order valence-electron chi connectivity index (χ0n) is 11.3. The number of hydrogen-bond acceptors (Lipinski definition) is 5. The fourth-order valence-corrected chi connectivity index (χ4v) is 3.55. The van der Waals surface area contributed by atoms with Crippen molar-refractivity contribution in [2.45, 2.75) is 45.6 Å². The van der Waals surface area contributed by atoms with Crippen molar-refractivity contribution >= 4 is 27.8 Å². The third-order valence-corrected chi connectivity index (χ3v) is 4.97. The fourth-order valence-electron chi connectivity index (χ4n) is 2.51. The summed E-state index contributed by atoms with van der Waals surface area (Å²) in [6.45, 7) is 3.75. The lowest BCUT2D eigenvalue weighted by molar-refractivity contribution is 0.102. The molecule has 0 aliphatic heterocycles. The average molecular weight is 277 g/mol. The lowest BCUT2D eigenvalue weighted by Crippen LogP contribution is -2.25. The molecule has 1 saturated carbocycles. The predicted octanol–water partition coefficient (Wildman–Crippen LogP) is 3.40. The molecule has 3 N–H and O–H groups in total. The number of nitriles is 1. The Hall–Kier alpha value is -1.54. The Morgan fingerprint density at radius 3 is 2.58 bits per heavy atom. The average Bonchev–Trinajstić information content (AvgIpc) is 2.68. The van der Waals surface area contributed by atoms with Gasteiger partial charge in [-0.25, -0.2) is 0 Å². The summed E-state index contributed by atoms with van der Waals surface area (Å²) in [6, 6.07) is 2.50. The number of anilines is 2. The first kappa shape index (κ1) is 13.9. The topological polar surface area (TPSA) is 78.9 Å². The Bertz CT molecular complexity index is 522. The number of nitrogens with zero attached hydrogens (tertiary/aromatic N) is 1. The van der Waals surface area contributed by atoms with E-state index in [1.165, 1.54) is 31.1 Å². The van der Waals surface area contributed by atoms with Crippen molar-refractivity contribution in [2.75, 3.05) is 11.1 Å². The van der Waals surface area contributed by atoms with Crippen LogP contribution in [0.5, 0.6) is 0 Å². The number of thiophene rings is 1. The molecule has 2 rings (SSSR count). The molecule has 4 nitrogen and oxygen atoms in total. The molecule has 5 heteroatoms. The van der Waals surface area contributed by atoms with Crippen LogP contribution in [0.4, 0.5) is 10.7 Å². The van der Waals surface area contributed by atoms with Gasteiger partial charge < -0.3 is 11.1 Å². The van der Waals surface area contributed by atoms with Gasteiger partial charge in [-0.05, 0) is 31.6 Å². The van der Waals surface area contributed by atoms with Crippen LogP contribution in [0.3, 0.4) is 0 Å². The van der Waals surface area contributed by atoms with Crippen molar-refractivity contribution < 1.29 is 4.79 Å². The van der Waals surface area contributed by atoms with Gasteiger partial charge in [0.05, 0.1) is 10.6 Å². The molecule has 1 heterocycles. The summed E-state index contributed by atoms with van der Waals surface area (Å²) in [4.78, 5) is 12.0. The molecule has 1 aromatic heterocycles. The molecule has 102 valence electrons. The molecule has 0 amide bonds. The summed E-state index contributed by atoms with van der Waals surface area (Å²) in [5.41, 5.74) is 6.62. The molecule has 0 atom stereocenters. The van der Waals surface area contributed by atoms with E-state index in [4.69, 9.17) is 5.73 Å². The second-order valence-corrected chi connectivity index (χ2v) is 6.34. The lowest BCUT2D eigenvalue weighted by Gasteiger charge is -2.27. The van der Waals surface area contributed by atoms with Crippen molar-refractivity contribution in [1.29, 1.82) is 5.26 Å². The minimum absolute atomic E-state index is 0.0793. The fraction of sp³-hybridized carbons (Fsp3) is 0.571. The van der Waals surface area contributed by atoms with Gasteiger partial charge in [0.2, 0.25) is 0 Å². The molecule has 0 bridgehead atoms. The Kier molecular flexibility index (Phi) is 4.11. The minimum atomic E-state index is -0.0793. The van der Waals surface area contributed by atoms with Crippen molar-refractivity contribution in [3.05, 3.63) is 10.4 Å². The SMILES string of the molecule is CC(=O)c1sc(NC2CCC(C)CC2)c(C#N)c1N. The van der Waals surface area contributed by atoms with Crippen LogP contribution in [0.15, 0.2) is 0 Å². The van der Waals surface area contributed by atoms with E-state index >= 15 is 0 Å². The zero-order chi connectivity index (χ0) is 14.0. The number of ketones is 1. The number of nitrogens with one attached hydrogen (secondary N) is 1. The smallest absolute Gasteiger partial charge is 0.171 e. The van der Waals surface area contributed by atoms with Gasteiger partial charge in [0.15, 0.2) is 5.78 Å². The van der Waals surface area contributed by atoms with Crippen LogP contribution in [0.25, 0.3) is 0 Å². The minimum Gasteiger partial charge on any atom is -0.396 e. The highest BCUT2D eigenvalue weighted by atomic mass is 32.1. The third kappa shape index (κ3) is 2.90. The van der Waals surface area contributed by atoms with Crippen LogP contribution >= 0.6 is 11.3 Å². The molecule has 0 aromatic carbocycles. The molecular weight excluding hydrogens is 258 g/mol. The van der Waals surface area contributed by atoms with Crippen LogP contribution in [-0.4, -0.2) is 11.8 Å². The van der Waals surface area contributed by atoms with Gasteiger partial charge >= 0.3 is 0 Å². The maximum Gasteiger partial charge on any atom is 0.171 e. The van der Waals surface area contributed by atoms with E-state index in [0.717, 1.165) is 23.8 Å². The summed E-state index contributed by atoms with van der Waals surface area (Å²) in [6.07, 6.45) is 4.64. The summed E-state index contributed by atoms with van der Waals surface area (Å²) in [5.74, 6) is 0.707. The van der Waals surface area contributed by atoms with Crippen molar-refractivity contribution in [3.63, 3.8) is 0 Å². The predicted molar refractivity (Wildman–Crippen MR) is 78.5 cm³/mol. The summed E-state index contributed by atoms with van der Waals surface area (Å²) < 4.78 is 0. The van der Waals surface area contributed by atoms with Crippen LogP contribution in [0.1, 0.15) is 54.8 Å². The van der Waals surface area contributed by atoms with Crippen LogP contribution < -0.4 is 11.1 Å². The summed E-state index contributed by atoms with van der Waals surface area (Å²) >= 11 is 1.31. The first-order chi connectivity index (χ1) is 9.02. The molecule has 0 unspecified atom stereocenters. The molecule has 1 aromatic rings. The first-order valence-electron chi connectivity index (χ1n) is 6.62. The van der Waals surface area contributed by atoms with Gasteiger partial charge in [-0.1, -0.05) is 6.92 Å². The highest BCUT2D eigenvalue weighted by Crippen LogP contribution is 2.37.